The first-order chi connectivity index (χ1) is 14.8. The minimum Gasteiger partial charge on any atom is -0.372 e. The summed E-state index contributed by atoms with van der Waals surface area (Å²) in [4.78, 5) is 4.08. The number of fused-ring (bicyclic) bond motifs is 1. The topological polar surface area (TPSA) is 98.5 Å². The van der Waals surface area contributed by atoms with E-state index in [4.69, 9.17) is 10.8 Å². The second-order valence-electron chi connectivity index (χ2n) is 9.69. The lowest BCUT2D eigenvalue weighted by Crippen LogP contribution is -2.50. The van der Waals surface area contributed by atoms with E-state index in [2.05, 4.69) is 36.0 Å². The molecule has 1 saturated carbocycles. The maximum atomic E-state index is 10.7. The fraction of sp³-hybridized carbons (Fsp3) is 0.826. The van der Waals surface area contributed by atoms with Crippen molar-refractivity contribution in [3.05, 3.63) is 12.3 Å². The van der Waals surface area contributed by atoms with Crippen LogP contribution in [0.15, 0.2) is 12.3 Å². The number of likely N-dealkylation sites (N-methyl/N-ethyl adjacent to an activating group) is 1. The molecule has 7 nitrogen and oxygen atoms in total. The Morgan fingerprint density at radius 3 is 2.81 bits per heavy atom. The molecule has 5 unspecified atom stereocenters. The van der Waals surface area contributed by atoms with Crippen molar-refractivity contribution in [2.75, 3.05) is 26.7 Å². The molecular weight excluding hydrogens is 408 g/mol. The van der Waals surface area contributed by atoms with Crippen molar-refractivity contribution in [1.29, 1.82) is 10.8 Å². The minimum absolute atomic E-state index is 0.100. The normalized spacial score (nSPS) is 30.8. The first kappa shape index (κ1) is 24.6. The zero-order chi connectivity index (χ0) is 22.5. The van der Waals surface area contributed by atoms with Gasteiger partial charge < -0.3 is 20.2 Å². The lowest BCUT2D eigenvalue weighted by Gasteiger charge is -2.41. The molecule has 8 heteroatoms. The first-order valence-corrected chi connectivity index (χ1v) is 12.8. The predicted octanol–water partition coefficient (Wildman–Crippen LogP) is 3.03. The van der Waals surface area contributed by atoms with Gasteiger partial charge in [-0.25, -0.2) is 0 Å². The Morgan fingerprint density at radius 2 is 2.10 bits per heavy atom. The van der Waals surface area contributed by atoms with E-state index in [-0.39, 0.29) is 17.1 Å². The molecule has 2 heterocycles. The molecule has 0 spiro atoms. The number of aliphatic hydroxyl groups is 1. The van der Waals surface area contributed by atoms with E-state index in [1.165, 1.54) is 25.7 Å². The molecule has 0 amide bonds. The highest BCUT2D eigenvalue weighted by Gasteiger charge is 2.38. The monoisotopic (exact) mass is 450 g/mol. The second-order valence-corrected chi connectivity index (χ2v) is 10.7. The van der Waals surface area contributed by atoms with Crippen molar-refractivity contribution in [3.63, 3.8) is 0 Å². The molecule has 0 bridgehead atoms. The molecule has 3 aliphatic rings. The number of hydrogen-bond donors (Lipinski definition) is 5. The van der Waals surface area contributed by atoms with Gasteiger partial charge in [-0.3, -0.25) is 16.1 Å². The minimum atomic E-state index is -1.02. The molecule has 2 aliphatic heterocycles. The molecular formula is C23H42N6OS. The van der Waals surface area contributed by atoms with Gasteiger partial charge in [-0.2, -0.15) is 0 Å². The van der Waals surface area contributed by atoms with E-state index in [1.807, 2.05) is 11.9 Å². The second kappa shape index (κ2) is 11.2. The molecule has 0 aromatic carbocycles. The number of nitrogens with zero attached hydrogens (tertiary/aromatic N) is 2. The van der Waals surface area contributed by atoms with Gasteiger partial charge in [0, 0.05) is 37.4 Å². The summed E-state index contributed by atoms with van der Waals surface area (Å²) in [5.41, 5.74) is 0.975. The van der Waals surface area contributed by atoms with Crippen LogP contribution in [0.5, 0.6) is 0 Å². The number of thioether (sulfide) groups is 1. The summed E-state index contributed by atoms with van der Waals surface area (Å²) in [6, 6.07) is 1.16. The van der Waals surface area contributed by atoms with Gasteiger partial charge >= 0.3 is 0 Å². The molecule has 0 aromatic rings. The fourth-order valence-corrected chi connectivity index (χ4v) is 6.16. The lowest BCUT2D eigenvalue weighted by molar-refractivity contribution is 0.166. The third-order valence-electron chi connectivity index (χ3n) is 7.45. The average Bonchev–Trinajstić information content (AvgIpc) is 3.14. The summed E-state index contributed by atoms with van der Waals surface area (Å²) in [6.07, 6.45) is 7.38. The quantitative estimate of drug-likeness (QED) is 0.232. The number of hydrogen-bond acceptors (Lipinski definition) is 7. The molecule has 3 rings (SSSR count). The Balaban J connectivity index is 1.50. The van der Waals surface area contributed by atoms with Gasteiger partial charge in [-0.1, -0.05) is 32.8 Å². The van der Waals surface area contributed by atoms with Crippen LogP contribution in [0.2, 0.25) is 0 Å². The summed E-state index contributed by atoms with van der Waals surface area (Å²) in [7, 11) is 2.03. The third-order valence-corrected chi connectivity index (χ3v) is 8.34. The molecule has 1 aliphatic carbocycles. The van der Waals surface area contributed by atoms with Gasteiger partial charge in [0.05, 0.1) is 6.54 Å². The molecule has 0 aromatic heterocycles. The van der Waals surface area contributed by atoms with Gasteiger partial charge in [0.25, 0.3) is 0 Å². The van der Waals surface area contributed by atoms with Crippen molar-refractivity contribution >= 4 is 22.0 Å². The van der Waals surface area contributed by atoms with E-state index in [0.29, 0.717) is 23.7 Å². The average molecular weight is 451 g/mol. The van der Waals surface area contributed by atoms with Crippen molar-refractivity contribution in [2.45, 2.75) is 83.1 Å². The van der Waals surface area contributed by atoms with E-state index in [1.54, 1.807) is 0 Å². The van der Waals surface area contributed by atoms with Crippen LogP contribution in [0.25, 0.3) is 0 Å². The summed E-state index contributed by atoms with van der Waals surface area (Å²) in [5, 5.41) is 35.0. The van der Waals surface area contributed by atoms with Crippen LogP contribution in [0.3, 0.4) is 0 Å². The first-order valence-electron chi connectivity index (χ1n) is 12.0. The molecule has 6 atom stereocenters. The van der Waals surface area contributed by atoms with E-state index in [9.17, 15) is 5.11 Å². The van der Waals surface area contributed by atoms with Crippen molar-refractivity contribution in [3.8, 4) is 0 Å². The standard InChI is InChI=1S/C23H42N6OS/c1-5-8-18(11-17-12-26-20-10-7-6-9-19(17)20)27-22(30)21(24)31-23(25)29-13-15(2)28(4)16(3)14-29/h16-20,22,24-27,30H,2,5-14H2,1,3-4H3/t16-,17?,18?,19?,20?,22?/m1/s1. The van der Waals surface area contributed by atoms with E-state index in [0.717, 1.165) is 55.7 Å². The molecule has 3 fully saturated rings. The molecule has 176 valence electrons. The number of piperazine rings is 1. The van der Waals surface area contributed by atoms with Crippen LogP contribution < -0.4 is 10.6 Å². The van der Waals surface area contributed by atoms with Gasteiger partial charge in [-0.15, -0.1) is 0 Å². The van der Waals surface area contributed by atoms with Crippen LogP contribution in [0.4, 0.5) is 0 Å². The van der Waals surface area contributed by atoms with Gasteiger partial charge in [-0.05, 0) is 62.7 Å². The number of aliphatic hydroxyl groups excluding tert-OH is 1. The van der Waals surface area contributed by atoms with Crippen molar-refractivity contribution in [1.82, 2.24) is 20.4 Å². The molecule has 5 N–H and O–H groups in total. The fourth-order valence-electron chi connectivity index (χ4n) is 5.50. The number of rotatable bonds is 7. The summed E-state index contributed by atoms with van der Waals surface area (Å²) in [5.74, 6) is 1.42. The summed E-state index contributed by atoms with van der Waals surface area (Å²) < 4.78 is 0. The zero-order valence-corrected chi connectivity index (χ0v) is 20.3. The van der Waals surface area contributed by atoms with Gasteiger partial charge in [0.15, 0.2) is 11.4 Å². The number of amidine groups is 1. The Labute approximate surface area is 192 Å². The van der Waals surface area contributed by atoms with Crippen LogP contribution in [-0.2, 0) is 0 Å². The Kier molecular flexibility index (Phi) is 8.84. The number of nitrogens with one attached hydrogen (secondary N) is 4. The van der Waals surface area contributed by atoms with Crippen LogP contribution in [0, 0.1) is 22.7 Å². The molecule has 31 heavy (non-hydrogen) atoms. The van der Waals surface area contributed by atoms with Crippen LogP contribution in [0.1, 0.15) is 58.8 Å². The molecule has 2 saturated heterocycles. The third kappa shape index (κ3) is 6.24. The highest BCUT2D eigenvalue weighted by Crippen LogP contribution is 2.37. The maximum absolute atomic E-state index is 10.7. The van der Waals surface area contributed by atoms with E-state index < -0.39 is 6.23 Å². The predicted molar refractivity (Wildman–Crippen MR) is 131 cm³/mol. The summed E-state index contributed by atoms with van der Waals surface area (Å²) >= 11 is 1.05. The van der Waals surface area contributed by atoms with E-state index >= 15 is 0 Å². The van der Waals surface area contributed by atoms with Gasteiger partial charge in [0.2, 0.25) is 0 Å². The van der Waals surface area contributed by atoms with Gasteiger partial charge in [0.1, 0.15) is 5.04 Å². The smallest absolute Gasteiger partial charge is 0.162 e. The van der Waals surface area contributed by atoms with Crippen LogP contribution >= 0.6 is 11.8 Å². The Bertz CT molecular complexity index is 658. The molecule has 0 radical (unpaired) electrons. The van der Waals surface area contributed by atoms with Crippen molar-refractivity contribution < 1.29 is 5.11 Å². The largest absolute Gasteiger partial charge is 0.372 e. The summed E-state index contributed by atoms with van der Waals surface area (Å²) in [6.45, 7) is 10.8. The van der Waals surface area contributed by atoms with Crippen molar-refractivity contribution in [2.24, 2.45) is 11.8 Å². The van der Waals surface area contributed by atoms with Crippen LogP contribution in [-0.4, -0.2) is 76.2 Å². The Morgan fingerprint density at radius 1 is 1.35 bits per heavy atom. The SMILES string of the molecule is C=C1CN(C(=N)SC(=N)C(O)NC(CCC)CC2CNC3CCCCC23)C[C@@H](C)N1C. The highest BCUT2D eigenvalue weighted by molar-refractivity contribution is 8.26. The Hall–Kier alpha value is -1.09. The zero-order valence-electron chi connectivity index (χ0n) is 19.5. The maximum Gasteiger partial charge on any atom is 0.162 e. The highest BCUT2D eigenvalue weighted by atomic mass is 32.2. The lowest BCUT2D eigenvalue weighted by atomic mass is 9.77.